The molecule has 0 aliphatic carbocycles. The minimum atomic E-state index is -0.517. The lowest BCUT2D eigenvalue weighted by Crippen LogP contribution is -2.41. The highest BCUT2D eigenvalue weighted by Crippen LogP contribution is 1.90. The summed E-state index contributed by atoms with van der Waals surface area (Å²) in [5.74, 6) is -0.949. The SMILES string of the molecule is CN(CCN(COC=O)CC(N)=O)CC(N)=O. The number of hydrogen-bond donors (Lipinski definition) is 2. The molecule has 0 saturated heterocycles. The van der Waals surface area contributed by atoms with Gasteiger partial charge in [0, 0.05) is 13.1 Å². The van der Waals surface area contributed by atoms with Gasteiger partial charge in [-0.2, -0.15) is 0 Å². The fraction of sp³-hybridized carbons (Fsp3) is 0.667. The minimum absolute atomic E-state index is 0.0156. The zero-order valence-electron chi connectivity index (χ0n) is 9.80. The van der Waals surface area contributed by atoms with Crippen LogP contribution in [-0.4, -0.2) is 68.0 Å². The van der Waals surface area contributed by atoms with Gasteiger partial charge in [-0.3, -0.25) is 24.2 Å². The first-order chi connectivity index (χ1) is 7.95. The monoisotopic (exact) mass is 246 g/mol. The molecule has 0 bridgehead atoms. The lowest BCUT2D eigenvalue weighted by Gasteiger charge is -2.22. The highest BCUT2D eigenvalue weighted by Gasteiger charge is 2.10. The highest BCUT2D eigenvalue weighted by molar-refractivity contribution is 5.76. The third kappa shape index (κ3) is 9.27. The van der Waals surface area contributed by atoms with Gasteiger partial charge in [-0.15, -0.1) is 0 Å². The maximum atomic E-state index is 10.7. The first-order valence-electron chi connectivity index (χ1n) is 4.98. The van der Waals surface area contributed by atoms with Crippen molar-refractivity contribution in [3.05, 3.63) is 0 Å². The molecule has 0 aromatic rings. The number of amides is 2. The van der Waals surface area contributed by atoms with Gasteiger partial charge in [0.1, 0.15) is 6.73 Å². The third-order valence-electron chi connectivity index (χ3n) is 1.93. The zero-order chi connectivity index (χ0) is 13.3. The van der Waals surface area contributed by atoms with Gasteiger partial charge in [-0.25, -0.2) is 0 Å². The van der Waals surface area contributed by atoms with Crippen LogP contribution in [0.3, 0.4) is 0 Å². The third-order valence-corrected chi connectivity index (χ3v) is 1.93. The lowest BCUT2D eigenvalue weighted by atomic mass is 10.4. The molecule has 98 valence electrons. The number of ether oxygens (including phenoxy) is 1. The molecule has 0 atom stereocenters. The fourth-order valence-electron chi connectivity index (χ4n) is 1.20. The second kappa shape index (κ2) is 8.48. The Labute approximate surface area is 99.5 Å². The van der Waals surface area contributed by atoms with Gasteiger partial charge in [0.2, 0.25) is 11.8 Å². The van der Waals surface area contributed by atoms with Gasteiger partial charge in [-0.05, 0) is 7.05 Å². The second-order valence-corrected chi connectivity index (χ2v) is 3.61. The van der Waals surface area contributed by atoms with Gasteiger partial charge in [0.25, 0.3) is 6.47 Å². The standard InChI is InChI=1S/C9H18N4O4/c1-12(4-8(10)15)2-3-13(5-9(11)16)6-17-7-14/h7H,2-6H2,1H3,(H2,10,15)(H2,11,16). The molecule has 0 unspecified atom stereocenters. The summed E-state index contributed by atoms with van der Waals surface area (Å²) in [7, 11) is 1.72. The van der Waals surface area contributed by atoms with E-state index in [1.165, 1.54) is 0 Å². The van der Waals surface area contributed by atoms with Crippen molar-refractivity contribution in [2.45, 2.75) is 0 Å². The molecular formula is C9H18N4O4. The van der Waals surface area contributed by atoms with Gasteiger partial charge < -0.3 is 16.2 Å². The van der Waals surface area contributed by atoms with Crippen molar-refractivity contribution in [1.82, 2.24) is 9.80 Å². The Bertz CT molecular complexity index is 272. The number of nitrogens with two attached hydrogens (primary N) is 2. The van der Waals surface area contributed by atoms with E-state index in [-0.39, 0.29) is 19.8 Å². The van der Waals surface area contributed by atoms with Crippen LogP contribution in [0.2, 0.25) is 0 Å². The number of carbonyl (C=O) groups excluding carboxylic acids is 3. The normalized spacial score (nSPS) is 10.5. The molecule has 0 spiro atoms. The smallest absolute Gasteiger partial charge is 0.294 e. The second-order valence-electron chi connectivity index (χ2n) is 3.61. The lowest BCUT2D eigenvalue weighted by molar-refractivity contribution is -0.135. The molecule has 0 rings (SSSR count). The van der Waals surface area contributed by atoms with Gasteiger partial charge in [0.15, 0.2) is 0 Å². The molecule has 0 fully saturated rings. The van der Waals surface area contributed by atoms with Gasteiger partial charge in [-0.1, -0.05) is 0 Å². The molecule has 2 amide bonds. The van der Waals surface area contributed by atoms with Crippen molar-refractivity contribution < 1.29 is 19.1 Å². The van der Waals surface area contributed by atoms with Crippen LogP contribution >= 0.6 is 0 Å². The van der Waals surface area contributed by atoms with Crippen molar-refractivity contribution in [2.24, 2.45) is 11.5 Å². The number of primary amides is 2. The summed E-state index contributed by atoms with van der Waals surface area (Å²) in [5, 5.41) is 0. The Morgan fingerprint density at radius 2 is 1.76 bits per heavy atom. The van der Waals surface area contributed by atoms with E-state index in [0.717, 1.165) is 0 Å². The van der Waals surface area contributed by atoms with E-state index in [0.29, 0.717) is 19.6 Å². The molecule has 0 aromatic heterocycles. The fourth-order valence-corrected chi connectivity index (χ4v) is 1.20. The van der Waals surface area contributed by atoms with E-state index in [1.807, 2.05) is 0 Å². The molecule has 0 aliphatic rings. The zero-order valence-corrected chi connectivity index (χ0v) is 9.80. The quantitative estimate of drug-likeness (QED) is 0.320. The maximum absolute atomic E-state index is 10.7. The highest BCUT2D eigenvalue weighted by atomic mass is 16.5. The Morgan fingerprint density at radius 3 is 2.24 bits per heavy atom. The summed E-state index contributed by atoms with van der Waals surface area (Å²) in [6.45, 7) is 1.31. The van der Waals surface area contributed by atoms with Gasteiger partial charge in [0.05, 0.1) is 13.1 Å². The molecule has 0 heterocycles. The van der Waals surface area contributed by atoms with Crippen LogP contribution in [-0.2, 0) is 19.1 Å². The van der Waals surface area contributed by atoms with Crippen molar-refractivity contribution in [3.63, 3.8) is 0 Å². The summed E-state index contributed by atoms with van der Waals surface area (Å²) in [6, 6.07) is 0. The number of likely N-dealkylation sites (N-methyl/N-ethyl adjacent to an activating group) is 1. The molecule has 8 nitrogen and oxygen atoms in total. The Balaban J connectivity index is 4.00. The summed E-state index contributed by atoms with van der Waals surface area (Å²) in [6.07, 6.45) is 0. The average molecular weight is 246 g/mol. The van der Waals surface area contributed by atoms with Crippen LogP contribution in [0.1, 0.15) is 0 Å². The summed E-state index contributed by atoms with van der Waals surface area (Å²) in [4.78, 5) is 34.7. The van der Waals surface area contributed by atoms with Crippen LogP contribution in [0.5, 0.6) is 0 Å². The molecule has 8 heteroatoms. The summed E-state index contributed by atoms with van der Waals surface area (Å²) >= 11 is 0. The van der Waals surface area contributed by atoms with E-state index in [9.17, 15) is 14.4 Å². The van der Waals surface area contributed by atoms with E-state index in [1.54, 1.807) is 16.8 Å². The van der Waals surface area contributed by atoms with Crippen molar-refractivity contribution in [2.75, 3.05) is 40.0 Å². The number of carbonyl (C=O) groups is 3. The molecule has 17 heavy (non-hydrogen) atoms. The van der Waals surface area contributed by atoms with Crippen LogP contribution in [0, 0.1) is 0 Å². The van der Waals surface area contributed by atoms with Crippen molar-refractivity contribution in [3.8, 4) is 0 Å². The van der Waals surface area contributed by atoms with E-state index >= 15 is 0 Å². The maximum Gasteiger partial charge on any atom is 0.294 e. The Morgan fingerprint density at radius 1 is 1.18 bits per heavy atom. The van der Waals surface area contributed by atoms with Crippen LogP contribution in [0.15, 0.2) is 0 Å². The largest absolute Gasteiger partial charge is 0.452 e. The van der Waals surface area contributed by atoms with Gasteiger partial charge >= 0.3 is 0 Å². The first kappa shape index (κ1) is 15.3. The number of rotatable bonds is 10. The molecule has 0 saturated carbocycles. The predicted molar refractivity (Wildman–Crippen MR) is 59.5 cm³/mol. The summed E-state index contributed by atoms with van der Waals surface area (Å²) in [5.41, 5.74) is 10.1. The predicted octanol–water partition coefficient (Wildman–Crippen LogP) is -2.68. The topological polar surface area (TPSA) is 119 Å². The van der Waals surface area contributed by atoms with Crippen LogP contribution < -0.4 is 11.5 Å². The molecular weight excluding hydrogens is 228 g/mol. The average Bonchev–Trinajstić information content (AvgIpc) is 2.20. The molecule has 0 aromatic carbocycles. The van der Waals surface area contributed by atoms with Crippen molar-refractivity contribution in [1.29, 1.82) is 0 Å². The molecule has 0 radical (unpaired) electrons. The molecule has 4 N–H and O–H groups in total. The minimum Gasteiger partial charge on any atom is -0.452 e. The van der Waals surface area contributed by atoms with E-state index in [4.69, 9.17) is 11.5 Å². The Kier molecular flexibility index (Phi) is 7.65. The Hall–Kier alpha value is -1.67. The van der Waals surface area contributed by atoms with E-state index in [2.05, 4.69) is 4.74 Å². The number of nitrogens with zero attached hydrogens (tertiary/aromatic N) is 2. The summed E-state index contributed by atoms with van der Waals surface area (Å²) < 4.78 is 4.54. The van der Waals surface area contributed by atoms with Crippen LogP contribution in [0.25, 0.3) is 0 Å². The molecule has 0 aliphatic heterocycles. The van der Waals surface area contributed by atoms with Crippen LogP contribution in [0.4, 0.5) is 0 Å². The van der Waals surface area contributed by atoms with Crippen molar-refractivity contribution >= 4 is 18.3 Å². The number of hydrogen-bond acceptors (Lipinski definition) is 6. The first-order valence-corrected chi connectivity index (χ1v) is 4.98. The van der Waals surface area contributed by atoms with E-state index < -0.39 is 11.8 Å².